The maximum Gasteiger partial charge on any atom is 0.203 e. The van der Waals surface area contributed by atoms with Gasteiger partial charge in [-0.1, -0.05) is 23.5 Å². The van der Waals surface area contributed by atoms with Crippen LogP contribution in [0, 0.1) is 0 Å². The number of nitrogen functional groups attached to an aromatic ring is 1. The van der Waals surface area contributed by atoms with Crippen LogP contribution < -0.4 is 5.73 Å². The second kappa shape index (κ2) is 3.02. The van der Waals surface area contributed by atoms with Gasteiger partial charge in [0.15, 0.2) is 0 Å². The number of nitrogens with zero attached hydrogens (tertiary/aromatic N) is 2. The van der Waals surface area contributed by atoms with Crippen molar-refractivity contribution in [2.24, 2.45) is 0 Å². The summed E-state index contributed by atoms with van der Waals surface area (Å²) < 4.78 is 0. The number of aromatic hydroxyl groups is 1. The van der Waals surface area contributed by atoms with Crippen LogP contribution in [-0.2, 0) is 0 Å². The Labute approximate surface area is 78.7 Å². The molecular formula is C8H7N3OS. The second-order valence-corrected chi connectivity index (χ2v) is 3.50. The Morgan fingerprint density at radius 1 is 1.31 bits per heavy atom. The molecule has 2 aromatic rings. The van der Waals surface area contributed by atoms with E-state index < -0.39 is 0 Å². The third-order valence-corrected chi connectivity index (χ3v) is 2.34. The number of aromatic nitrogens is 2. The van der Waals surface area contributed by atoms with E-state index in [0.29, 0.717) is 10.1 Å². The molecule has 0 aliphatic carbocycles. The summed E-state index contributed by atoms with van der Waals surface area (Å²) in [4.78, 5) is 0. The fourth-order valence-electron chi connectivity index (χ4n) is 0.990. The zero-order valence-electron chi connectivity index (χ0n) is 6.64. The highest BCUT2D eigenvalue weighted by Gasteiger charge is 2.03. The molecule has 1 aromatic heterocycles. The number of hydrogen-bond acceptors (Lipinski definition) is 5. The standard InChI is InChI=1S/C8H7N3OS/c9-8-11-10-7(13-8)5-2-1-3-6(12)4-5/h1-4,12H,(H2,9,11). The average molecular weight is 193 g/mol. The monoisotopic (exact) mass is 193 g/mol. The first-order chi connectivity index (χ1) is 6.25. The van der Waals surface area contributed by atoms with Gasteiger partial charge in [-0.2, -0.15) is 0 Å². The summed E-state index contributed by atoms with van der Waals surface area (Å²) in [6, 6.07) is 6.83. The number of phenolic OH excluding ortho intramolecular Hbond substituents is 1. The van der Waals surface area contributed by atoms with Crippen molar-refractivity contribution in [3.8, 4) is 16.3 Å². The summed E-state index contributed by atoms with van der Waals surface area (Å²) in [5.41, 5.74) is 6.26. The maximum atomic E-state index is 9.21. The van der Waals surface area contributed by atoms with E-state index in [9.17, 15) is 5.11 Å². The topological polar surface area (TPSA) is 72.0 Å². The van der Waals surface area contributed by atoms with Crippen molar-refractivity contribution >= 4 is 16.5 Å². The summed E-state index contributed by atoms with van der Waals surface area (Å²) >= 11 is 1.29. The Hall–Kier alpha value is -1.62. The van der Waals surface area contributed by atoms with Crippen molar-refractivity contribution in [1.29, 1.82) is 0 Å². The molecule has 0 saturated carbocycles. The Morgan fingerprint density at radius 2 is 2.15 bits per heavy atom. The normalized spacial score (nSPS) is 10.2. The van der Waals surface area contributed by atoms with Crippen LogP contribution in [0.2, 0.25) is 0 Å². The van der Waals surface area contributed by atoms with Gasteiger partial charge in [-0.05, 0) is 12.1 Å². The molecule has 0 fully saturated rings. The largest absolute Gasteiger partial charge is 0.508 e. The molecule has 0 aliphatic rings. The van der Waals surface area contributed by atoms with Gasteiger partial charge in [0.2, 0.25) is 5.13 Å². The molecule has 66 valence electrons. The molecule has 0 spiro atoms. The van der Waals surface area contributed by atoms with E-state index in [2.05, 4.69) is 10.2 Å². The highest BCUT2D eigenvalue weighted by molar-refractivity contribution is 7.18. The summed E-state index contributed by atoms with van der Waals surface area (Å²) in [7, 11) is 0. The van der Waals surface area contributed by atoms with E-state index in [1.54, 1.807) is 18.2 Å². The van der Waals surface area contributed by atoms with Crippen molar-refractivity contribution in [1.82, 2.24) is 10.2 Å². The van der Waals surface area contributed by atoms with Gasteiger partial charge in [0.25, 0.3) is 0 Å². The Bertz CT molecular complexity index is 427. The molecular weight excluding hydrogens is 186 g/mol. The lowest BCUT2D eigenvalue weighted by Gasteiger charge is -1.94. The lowest BCUT2D eigenvalue weighted by atomic mass is 10.2. The van der Waals surface area contributed by atoms with E-state index >= 15 is 0 Å². The van der Waals surface area contributed by atoms with Crippen LogP contribution in [0.1, 0.15) is 0 Å². The first kappa shape index (κ1) is 8.00. The number of phenols is 1. The van der Waals surface area contributed by atoms with Crippen LogP contribution in [0.5, 0.6) is 5.75 Å². The number of hydrogen-bond donors (Lipinski definition) is 2. The zero-order chi connectivity index (χ0) is 9.26. The van der Waals surface area contributed by atoms with Gasteiger partial charge in [0.05, 0.1) is 0 Å². The van der Waals surface area contributed by atoms with Crippen LogP contribution in [0.4, 0.5) is 5.13 Å². The number of anilines is 1. The lowest BCUT2D eigenvalue weighted by molar-refractivity contribution is 0.475. The molecule has 1 heterocycles. The minimum atomic E-state index is 0.214. The number of nitrogens with two attached hydrogens (primary N) is 1. The Kier molecular flexibility index (Phi) is 1.86. The highest BCUT2D eigenvalue weighted by Crippen LogP contribution is 2.26. The Morgan fingerprint density at radius 3 is 2.77 bits per heavy atom. The number of rotatable bonds is 1. The molecule has 0 aliphatic heterocycles. The molecule has 0 bridgehead atoms. The van der Waals surface area contributed by atoms with E-state index in [1.807, 2.05) is 6.07 Å². The van der Waals surface area contributed by atoms with Gasteiger partial charge in [-0.25, -0.2) is 0 Å². The quantitative estimate of drug-likeness (QED) is 0.719. The second-order valence-electron chi connectivity index (χ2n) is 2.50. The van der Waals surface area contributed by atoms with Crippen molar-refractivity contribution in [2.75, 3.05) is 5.73 Å². The fourth-order valence-corrected chi connectivity index (χ4v) is 1.60. The molecule has 3 N–H and O–H groups in total. The van der Waals surface area contributed by atoms with Crippen molar-refractivity contribution in [3.63, 3.8) is 0 Å². The minimum Gasteiger partial charge on any atom is -0.508 e. The molecule has 0 atom stereocenters. The first-order valence-electron chi connectivity index (χ1n) is 3.64. The van der Waals surface area contributed by atoms with Gasteiger partial charge in [-0.15, -0.1) is 10.2 Å². The third-order valence-electron chi connectivity index (χ3n) is 1.53. The van der Waals surface area contributed by atoms with E-state index in [4.69, 9.17) is 5.73 Å². The predicted octanol–water partition coefficient (Wildman–Crippen LogP) is 1.49. The summed E-state index contributed by atoms with van der Waals surface area (Å²) in [6.45, 7) is 0. The van der Waals surface area contributed by atoms with Gasteiger partial charge < -0.3 is 10.8 Å². The van der Waals surface area contributed by atoms with Gasteiger partial charge in [0.1, 0.15) is 10.8 Å². The highest BCUT2D eigenvalue weighted by atomic mass is 32.1. The molecule has 0 unspecified atom stereocenters. The van der Waals surface area contributed by atoms with E-state index in [0.717, 1.165) is 5.56 Å². The molecule has 5 heteroatoms. The predicted molar refractivity (Wildman–Crippen MR) is 51.4 cm³/mol. The molecule has 1 aromatic carbocycles. The first-order valence-corrected chi connectivity index (χ1v) is 4.46. The van der Waals surface area contributed by atoms with Gasteiger partial charge in [-0.3, -0.25) is 0 Å². The van der Waals surface area contributed by atoms with Crippen LogP contribution in [0.3, 0.4) is 0 Å². The average Bonchev–Trinajstić information content (AvgIpc) is 2.52. The van der Waals surface area contributed by atoms with Crippen LogP contribution in [-0.4, -0.2) is 15.3 Å². The number of benzene rings is 1. The SMILES string of the molecule is Nc1nnc(-c2cccc(O)c2)s1. The lowest BCUT2D eigenvalue weighted by Crippen LogP contribution is -1.80. The molecule has 0 amide bonds. The van der Waals surface area contributed by atoms with E-state index in [-0.39, 0.29) is 5.75 Å². The van der Waals surface area contributed by atoms with Crippen molar-refractivity contribution in [3.05, 3.63) is 24.3 Å². The van der Waals surface area contributed by atoms with Gasteiger partial charge in [0, 0.05) is 5.56 Å². The van der Waals surface area contributed by atoms with Crippen molar-refractivity contribution < 1.29 is 5.11 Å². The van der Waals surface area contributed by atoms with Crippen LogP contribution >= 0.6 is 11.3 Å². The molecule has 2 rings (SSSR count). The third kappa shape index (κ3) is 1.59. The summed E-state index contributed by atoms with van der Waals surface area (Å²) in [5, 5.41) is 17.9. The van der Waals surface area contributed by atoms with Crippen LogP contribution in [0.25, 0.3) is 10.6 Å². The molecule has 4 nitrogen and oxygen atoms in total. The Balaban J connectivity index is 2.46. The van der Waals surface area contributed by atoms with Crippen LogP contribution in [0.15, 0.2) is 24.3 Å². The smallest absolute Gasteiger partial charge is 0.203 e. The molecule has 13 heavy (non-hydrogen) atoms. The molecule has 0 saturated heterocycles. The summed E-state index contributed by atoms with van der Waals surface area (Å²) in [6.07, 6.45) is 0. The summed E-state index contributed by atoms with van der Waals surface area (Å²) in [5.74, 6) is 0.214. The van der Waals surface area contributed by atoms with Gasteiger partial charge >= 0.3 is 0 Å². The fraction of sp³-hybridized carbons (Fsp3) is 0. The van der Waals surface area contributed by atoms with E-state index in [1.165, 1.54) is 11.3 Å². The molecule has 0 radical (unpaired) electrons. The van der Waals surface area contributed by atoms with Crippen molar-refractivity contribution in [2.45, 2.75) is 0 Å². The zero-order valence-corrected chi connectivity index (χ0v) is 7.45. The minimum absolute atomic E-state index is 0.214. The maximum absolute atomic E-state index is 9.21.